The van der Waals surface area contributed by atoms with Crippen LogP contribution in [0.25, 0.3) is 5.76 Å². The second kappa shape index (κ2) is 13.3. The van der Waals surface area contributed by atoms with Crippen LogP contribution in [-0.2, 0) is 24.8 Å². The zero-order valence-electron chi connectivity index (χ0n) is 16.4. The van der Waals surface area contributed by atoms with Crippen molar-refractivity contribution in [3.05, 3.63) is 53.5 Å². The van der Waals surface area contributed by atoms with E-state index in [-0.39, 0.29) is 23.8 Å². The van der Waals surface area contributed by atoms with Crippen molar-refractivity contribution in [3.63, 3.8) is 0 Å². The van der Waals surface area contributed by atoms with Gasteiger partial charge in [0.05, 0.1) is 18.4 Å². The lowest BCUT2D eigenvalue weighted by molar-refractivity contribution is 0.111. The van der Waals surface area contributed by atoms with Crippen LogP contribution in [0.2, 0.25) is 0 Å². The van der Waals surface area contributed by atoms with E-state index in [1.807, 2.05) is 0 Å². The van der Waals surface area contributed by atoms with E-state index in [4.69, 9.17) is 34.9 Å². The topological polar surface area (TPSA) is 240 Å². The van der Waals surface area contributed by atoms with Gasteiger partial charge in [0.25, 0.3) is 0 Å². The predicted molar refractivity (Wildman–Crippen MR) is 106 cm³/mol. The van der Waals surface area contributed by atoms with Crippen molar-refractivity contribution in [1.29, 1.82) is 0 Å². The molecule has 0 radical (unpaired) electrons. The largest absolute Gasteiger partial charge is 0.506 e. The fraction of sp³-hybridized carbons (Fsp3) is 0.333. The van der Waals surface area contributed by atoms with Crippen LogP contribution in [0.1, 0.15) is 25.2 Å². The van der Waals surface area contributed by atoms with Crippen molar-refractivity contribution in [1.82, 2.24) is 9.97 Å². The molecule has 1 unspecified atom stereocenters. The summed E-state index contributed by atoms with van der Waals surface area (Å²) in [7, 11) is -9.16. The number of aliphatic hydroxyl groups is 4. The fourth-order valence-electron chi connectivity index (χ4n) is 1.55. The molecule has 0 saturated heterocycles. The molecule has 1 aromatic heterocycles. The normalized spacial score (nSPS) is 14.6. The van der Waals surface area contributed by atoms with Gasteiger partial charge >= 0.3 is 15.6 Å². The summed E-state index contributed by atoms with van der Waals surface area (Å²) < 4.78 is 28.9. The maximum atomic E-state index is 10.4. The molecular formula is C15H24N2O12P2. The Morgan fingerprint density at radius 3 is 2.06 bits per heavy atom. The van der Waals surface area contributed by atoms with E-state index >= 15 is 0 Å². The molecule has 0 bridgehead atoms. The Labute approximate surface area is 177 Å². The first kappa shape index (κ1) is 28.9. The van der Waals surface area contributed by atoms with E-state index in [1.54, 1.807) is 6.92 Å². The van der Waals surface area contributed by atoms with E-state index in [2.05, 4.69) is 19.0 Å². The SMILES string of the molecule is C/C=C(O)/C(O)=C/C(O)COP(=O)(O)O.C/C=C(\O)c1cc(COP(=O)(O)O)ncn1. The fourth-order valence-corrected chi connectivity index (χ4v) is 2.20. The van der Waals surface area contributed by atoms with Crippen molar-refractivity contribution < 1.29 is 58.2 Å². The molecule has 16 heteroatoms. The van der Waals surface area contributed by atoms with Crippen LogP contribution < -0.4 is 0 Å². The Kier molecular flexibility index (Phi) is 12.4. The molecule has 0 aromatic carbocycles. The Morgan fingerprint density at radius 2 is 1.58 bits per heavy atom. The van der Waals surface area contributed by atoms with Crippen molar-refractivity contribution in [3.8, 4) is 0 Å². The molecule has 14 nitrogen and oxygen atoms in total. The van der Waals surface area contributed by atoms with E-state index in [0.29, 0.717) is 0 Å². The number of phosphoric acid groups is 2. The third kappa shape index (κ3) is 14.5. The molecule has 31 heavy (non-hydrogen) atoms. The summed E-state index contributed by atoms with van der Waals surface area (Å²) in [5.74, 6) is -1.09. The molecule has 176 valence electrons. The van der Waals surface area contributed by atoms with Crippen LogP contribution in [0.5, 0.6) is 0 Å². The van der Waals surface area contributed by atoms with Crippen LogP contribution in [0, 0.1) is 0 Å². The molecule has 0 aliphatic carbocycles. The van der Waals surface area contributed by atoms with Crippen molar-refractivity contribution in [2.24, 2.45) is 0 Å². The maximum Gasteiger partial charge on any atom is 0.469 e. The number of allylic oxidation sites excluding steroid dienone is 2. The Hall–Kier alpha value is -2.12. The molecular weight excluding hydrogens is 462 g/mol. The van der Waals surface area contributed by atoms with Gasteiger partial charge in [0.1, 0.15) is 24.4 Å². The number of aromatic nitrogens is 2. The molecule has 0 spiro atoms. The average molecular weight is 486 g/mol. The third-order valence-electron chi connectivity index (χ3n) is 2.94. The lowest BCUT2D eigenvalue weighted by Gasteiger charge is -2.08. The van der Waals surface area contributed by atoms with E-state index in [0.717, 1.165) is 6.08 Å². The lowest BCUT2D eigenvalue weighted by Crippen LogP contribution is -2.12. The number of aliphatic hydroxyl groups excluding tert-OH is 4. The van der Waals surface area contributed by atoms with E-state index in [1.165, 1.54) is 31.5 Å². The molecule has 1 atom stereocenters. The molecule has 0 saturated carbocycles. The van der Waals surface area contributed by atoms with Crippen molar-refractivity contribution in [2.75, 3.05) is 6.61 Å². The lowest BCUT2D eigenvalue weighted by atomic mass is 10.3. The Morgan fingerprint density at radius 1 is 1.00 bits per heavy atom. The Balaban J connectivity index is 0.000000582. The zero-order chi connectivity index (χ0) is 24.2. The monoisotopic (exact) mass is 486 g/mol. The molecule has 0 aliphatic heterocycles. The van der Waals surface area contributed by atoms with Crippen molar-refractivity contribution >= 4 is 21.4 Å². The van der Waals surface area contributed by atoms with Gasteiger partial charge in [0.15, 0.2) is 11.5 Å². The summed E-state index contributed by atoms with van der Waals surface area (Å²) in [6.07, 6.45) is 3.16. The number of hydrogen-bond acceptors (Lipinski definition) is 10. The first-order valence-corrected chi connectivity index (χ1v) is 11.3. The smallest absolute Gasteiger partial charge is 0.469 e. The number of phosphoric ester groups is 2. The highest BCUT2D eigenvalue weighted by atomic mass is 31.2. The van der Waals surface area contributed by atoms with Gasteiger partial charge in [0, 0.05) is 0 Å². The first-order chi connectivity index (χ1) is 14.2. The Bertz CT molecular complexity index is 890. The number of rotatable bonds is 9. The standard InChI is InChI=1S/C8H11N2O5P.C7H13O7P/c1-2-8(11)7-3-6(9-5-10-7)4-15-16(12,13)14;1-2-6(9)7(10)3-5(8)4-14-15(11,12)13/h2-3,5,11H,4H2,1H3,(H2,12,13,14);2-3,5,8-10H,4H2,1H3,(H2,11,12,13)/b8-2-;6-2-,7-3-. The highest BCUT2D eigenvalue weighted by molar-refractivity contribution is 7.46. The number of nitrogens with zero attached hydrogens (tertiary/aromatic N) is 2. The van der Waals surface area contributed by atoms with Gasteiger partial charge in [-0.2, -0.15) is 0 Å². The summed E-state index contributed by atoms with van der Waals surface area (Å²) in [4.78, 5) is 41.1. The summed E-state index contributed by atoms with van der Waals surface area (Å²) >= 11 is 0. The minimum atomic E-state index is -4.64. The quantitative estimate of drug-likeness (QED) is 0.140. The van der Waals surface area contributed by atoms with Gasteiger partial charge in [-0.05, 0) is 38.1 Å². The van der Waals surface area contributed by atoms with Gasteiger partial charge in [-0.15, -0.1) is 0 Å². The van der Waals surface area contributed by atoms with Crippen LogP contribution in [0.3, 0.4) is 0 Å². The van der Waals surface area contributed by atoms with Gasteiger partial charge < -0.3 is 40.0 Å². The zero-order valence-corrected chi connectivity index (χ0v) is 18.2. The van der Waals surface area contributed by atoms with Gasteiger partial charge in [-0.1, -0.05) is 0 Å². The van der Waals surface area contributed by atoms with Crippen molar-refractivity contribution in [2.45, 2.75) is 26.6 Å². The molecule has 1 aromatic rings. The molecule has 0 amide bonds. The highest BCUT2D eigenvalue weighted by Crippen LogP contribution is 2.37. The summed E-state index contributed by atoms with van der Waals surface area (Å²) in [5.41, 5.74) is 0.531. The maximum absolute atomic E-state index is 10.4. The minimum Gasteiger partial charge on any atom is -0.506 e. The van der Waals surface area contributed by atoms with Crippen LogP contribution >= 0.6 is 15.6 Å². The van der Waals surface area contributed by atoms with Crippen LogP contribution in [0.15, 0.2) is 42.1 Å². The molecule has 1 heterocycles. The van der Waals surface area contributed by atoms with Gasteiger partial charge in [0.2, 0.25) is 0 Å². The molecule has 8 N–H and O–H groups in total. The first-order valence-electron chi connectivity index (χ1n) is 8.19. The summed E-state index contributed by atoms with van der Waals surface area (Å²) in [6.45, 7) is 2.04. The molecule has 0 aliphatic rings. The summed E-state index contributed by atoms with van der Waals surface area (Å²) in [6, 6.07) is 1.38. The summed E-state index contributed by atoms with van der Waals surface area (Å²) in [5, 5.41) is 36.4. The predicted octanol–water partition coefficient (Wildman–Crippen LogP) is 1.36. The second-order valence-corrected chi connectivity index (χ2v) is 7.89. The minimum absolute atomic E-state index is 0.0418. The third-order valence-corrected chi connectivity index (χ3v) is 3.89. The molecule has 0 fully saturated rings. The highest BCUT2D eigenvalue weighted by Gasteiger charge is 2.16. The van der Waals surface area contributed by atoms with E-state index in [9.17, 15) is 14.2 Å². The average Bonchev–Trinajstić information content (AvgIpc) is 2.69. The molecule has 1 rings (SSSR count). The van der Waals surface area contributed by atoms with E-state index < -0.39 is 39.9 Å². The van der Waals surface area contributed by atoms with Gasteiger partial charge in [-0.25, -0.2) is 19.1 Å². The van der Waals surface area contributed by atoms with Crippen LogP contribution in [-0.4, -0.2) is 62.7 Å². The number of hydrogen-bond donors (Lipinski definition) is 8. The second-order valence-electron chi connectivity index (χ2n) is 5.41. The van der Waals surface area contributed by atoms with Crippen LogP contribution in [0.4, 0.5) is 0 Å². The van der Waals surface area contributed by atoms with Gasteiger partial charge in [-0.3, -0.25) is 9.05 Å².